The first kappa shape index (κ1) is 15.6. The molecule has 2 heterocycles. The van der Waals surface area contributed by atoms with Crippen LogP contribution in [0, 0.1) is 5.92 Å². The highest BCUT2D eigenvalue weighted by Gasteiger charge is 2.43. The number of nitrogens with one attached hydrogen (secondary N) is 1. The standard InChI is InChI=1S/C15H24N2O5/c18-13(19)11-3-7-17(8-4-11)14(20)16-9-12-10-21-15(22-12)5-1-2-6-15/h11-12H,1-10H2,(H,16,20)(H,18,19). The smallest absolute Gasteiger partial charge is 0.317 e. The van der Waals surface area contributed by atoms with E-state index in [9.17, 15) is 9.59 Å². The predicted octanol–water partition coefficient (Wildman–Crippen LogP) is 1.18. The molecule has 2 saturated heterocycles. The molecule has 0 bridgehead atoms. The van der Waals surface area contributed by atoms with Crippen LogP contribution in [-0.2, 0) is 14.3 Å². The molecule has 1 unspecified atom stereocenters. The fourth-order valence-corrected chi connectivity index (χ4v) is 3.54. The molecule has 3 rings (SSSR count). The predicted molar refractivity (Wildman–Crippen MR) is 77.4 cm³/mol. The van der Waals surface area contributed by atoms with Crippen LogP contribution in [0.1, 0.15) is 38.5 Å². The number of piperidine rings is 1. The van der Waals surface area contributed by atoms with Gasteiger partial charge in [0.05, 0.1) is 12.5 Å². The van der Waals surface area contributed by atoms with Gasteiger partial charge in [-0.25, -0.2) is 4.79 Å². The maximum absolute atomic E-state index is 12.1. The van der Waals surface area contributed by atoms with Crippen molar-refractivity contribution in [1.29, 1.82) is 0 Å². The summed E-state index contributed by atoms with van der Waals surface area (Å²) in [5.74, 6) is -1.48. The zero-order valence-corrected chi connectivity index (χ0v) is 12.8. The van der Waals surface area contributed by atoms with Gasteiger partial charge >= 0.3 is 12.0 Å². The third-order valence-electron chi connectivity index (χ3n) is 4.89. The molecule has 2 amide bonds. The van der Waals surface area contributed by atoms with Gasteiger partial charge in [-0.3, -0.25) is 4.79 Å². The van der Waals surface area contributed by atoms with Crippen molar-refractivity contribution in [2.75, 3.05) is 26.2 Å². The molecule has 7 heteroatoms. The zero-order chi connectivity index (χ0) is 15.6. The highest BCUT2D eigenvalue weighted by Crippen LogP contribution is 2.38. The van der Waals surface area contributed by atoms with Crippen molar-refractivity contribution in [2.24, 2.45) is 5.92 Å². The quantitative estimate of drug-likeness (QED) is 0.817. The van der Waals surface area contributed by atoms with Gasteiger partial charge in [0, 0.05) is 32.5 Å². The lowest BCUT2D eigenvalue weighted by Gasteiger charge is -2.30. The number of likely N-dealkylation sites (tertiary alicyclic amines) is 1. The number of hydrogen-bond acceptors (Lipinski definition) is 4. The Morgan fingerprint density at radius 3 is 2.55 bits per heavy atom. The van der Waals surface area contributed by atoms with Crippen molar-refractivity contribution in [3.63, 3.8) is 0 Å². The molecular weight excluding hydrogens is 288 g/mol. The molecule has 0 radical (unpaired) electrons. The van der Waals surface area contributed by atoms with Crippen LogP contribution in [-0.4, -0.2) is 60.1 Å². The van der Waals surface area contributed by atoms with Crippen molar-refractivity contribution >= 4 is 12.0 Å². The average Bonchev–Trinajstić information content (AvgIpc) is 3.15. The molecule has 2 N–H and O–H groups in total. The van der Waals surface area contributed by atoms with Gasteiger partial charge in [0.15, 0.2) is 5.79 Å². The van der Waals surface area contributed by atoms with E-state index in [-0.39, 0.29) is 18.1 Å². The number of hydrogen-bond donors (Lipinski definition) is 2. The van der Waals surface area contributed by atoms with Crippen LogP contribution >= 0.6 is 0 Å². The number of aliphatic carboxylic acids is 1. The molecule has 1 aliphatic carbocycles. The summed E-state index contributed by atoms with van der Waals surface area (Å²) >= 11 is 0. The summed E-state index contributed by atoms with van der Waals surface area (Å²) < 4.78 is 11.7. The molecule has 1 saturated carbocycles. The lowest BCUT2D eigenvalue weighted by Crippen LogP contribution is -2.47. The molecule has 1 atom stereocenters. The van der Waals surface area contributed by atoms with Gasteiger partial charge < -0.3 is 24.8 Å². The van der Waals surface area contributed by atoms with Gasteiger partial charge in [-0.2, -0.15) is 0 Å². The first-order chi connectivity index (χ1) is 10.6. The van der Waals surface area contributed by atoms with E-state index in [0.717, 1.165) is 25.7 Å². The van der Waals surface area contributed by atoms with Crippen molar-refractivity contribution in [1.82, 2.24) is 10.2 Å². The van der Waals surface area contributed by atoms with Crippen molar-refractivity contribution < 1.29 is 24.2 Å². The van der Waals surface area contributed by atoms with Gasteiger partial charge in [0.1, 0.15) is 6.10 Å². The average molecular weight is 312 g/mol. The third-order valence-corrected chi connectivity index (χ3v) is 4.89. The van der Waals surface area contributed by atoms with E-state index >= 15 is 0 Å². The second-order valence-electron chi connectivity index (χ2n) is 6.45. The van der Waals surface area contributed by atoms with Gasteiger partial charge in [-0.05, 0) is 25.7 Å². The minimum Gasteiger partial charge on any atom is -0.481 e. The Labute approximate surface area is 129 Å². The minimum atomic E-state index is -0.765. The van der Waals surface area contributed by atoms with E-state index in [1.165, 1.54) is 0 Å². The molecule has 0 aromatic heterocycles. The number of amides is 2. The van der Waals surface area contributed by atoms with Gasteiger partial charge in [0.2, 0.25) is 0 Å². The van der Waals surface area contributed by atoms with E-state index in [4.69, 9.17) is 14.6 Å². The largest absolute Gasteiger partial charge is 0.481 e. The fourth-order valence-electron chi connectivity index (χ4n) is 3.54. The number of urea groups is 1. The lowest BCUT2D eigenvalue weighted by atomic mass is 9.97. The number of nitrogens with zero attached hydrogens (tertiary/aromatic N) is 1. The first-order valence-corrected chi connectivity index (χ1v) is 8.15. The Balaban J connectivity index is 1.39. The van der Waals surface area contributed by atoms with E-state index in [2.05, 4.69) is 5.32 Å². The topological polar surface area (TPSA) is 88.1 Å². The van der Waals surface area contributed by atoms with Crippen LogP contribution in [0.4, 0.5) is 4.79 Å². The highest BCUT2D eigenvalue weighted by molar-refractivity contribution is 5.75. The molecule has 2 aliphatic heterocycles. The molecule has 0 aromatic carbocycles. The van der Waals surface area contributed by atoms with Gasteiger partial charge in [-0.1, -0.05) is 0 Å². The SMILES string of the molecule is O=C(O)C1CCN(C(=O)NCC2COC3(CCCC3)O2)CC1. The molecule has 3 fully saturated rings. The van der Waals surface area contributed by atoms with E-state index in [0.29, 0.717) is 39.1 Å². The Morgan fingerprint density at radius 2 is 1.91 bits per heavy atom. The second kappa shape index (κ2) is 6.42. The fraction of sp³-hybridized carbons (Fsp3) is 0.867. The van der Waals surface area contributed by atoms with Crippen LogP contribution in [0.3, 0.4) is 0 Å². The van der Waals surface area contributed by atoms with Gasteiger partial charge in [0.25, 0.3) is 0 Å². The molecule has 7 nitrogen and oxygen atoms in total. The van der Waals surface area contributed by atoms with Crippen LogP contribution in [0.5, 0.6) is 0 Å². The Hall–Kier alpha value is -1.34. The number of carbonyl (C=O) groups is 2. The third kappa shape index (κ3) is 3.35. The summed E-state index contributed by atoms with van der Waals surface area (Å²) in [6.45, 7) is 1.96. The van der Waals surface area contributed by atoms with E-state index in [1.54, 1.807) is 4.90 Å². The summed E-state index contributed by atoms with van der Waals surface area (Å²) in [6.07, 6.45) is 5.12. The van der Waals surface area contributed by atoms with Gasteiger partial charge in [-0.15, -0.1) is 0 Å². The maximum atomic E-state index is 12.1. The van der Waals surface area contributed by atoms with Crippen LogP contribution < -0.4 is 5.32 Å². The Bertz CT molecular complexity index is 428. The van der Waals surface area contributed by atoms with Crippen LogP contribution in [0.15, 0.2) is 0 Å². The lowest BCUT2D eigenvalue weighted by molar-refractivity contribution is -0.161. The first-order valence-electron chi connectivity index (χ1n) is 8.15. The molecule has 22 heavy (non-hydrogen) atoms. The normalized spacial score (nSPS) is 28.2. The zero-order valence-electron chi connectivity index (χ0n) is 12.8. The number of ether oxygens (including phenoxy) is 2. The summed E-state index contributed by atoms with van der Waals surface area (Å²) in [5, 5.41) is 11.8. The Kier molecular flexibility index (Phi) is 4.54. The molecule has 3 aliphatic rings. The Morgan fingerprint density at radius 1 is 1.23 bits per heavy atom. The number of carboxylic acids is 1. The summed E-state index contributed by atoms with van der Waals surface area (Å²) in [6, 6.07) is -0.139. The monoisotopic (exact) mass is 312 g/mol. The van der Waals surface area contributed by atoms with E-state index in [1.807, 2.05) is 0 Å². The van der Waals surface area contributed by atoms with Crippen LogP contribution in [0.25, 0.3) is 0 Å². The number of carbonyl (C=O) groups excluding carboxylic acids is 1. The minimum absolute atomic E-state index is 0.0846. The highest BCUT2D eigenvalue weighted by atomic mass is 16.7. The second-order valence-corrected chi connectivity index (χ2v) is 6.45. The maximum Gasteiger partial charge on any atom is 0.317 e. The number of carboxylic acid groups (broad SMARTS) is 1. The van der Waals surface area contributed by atoms with Crippen molar-refractivity contribution in [3.8, 4) is 0 Å². The molecule has 1 spiro atoms. The van der Waals surface area contributed by atoms with Crippen LogP contribution in [0.2, 0.25) is 0 Å². The van der Waals surface area contributed by atoms with Crippen molar-refractivity contribution in [2.45, 2.75) is 50.4 Å². The van der Waals surface area contributed by atoms with Crippen molar-refractivity contribution in [3.05, 3.63) is 0 Å². The molecule has 0 aromatic rings. The summed E-state index contributed by atoms with van der Waals surface area (Å²) in [5.41, 5.74) is 0. The summed E-state index contributed by atoms with van der Waals surface area (Å²) in [4.78, 5) is 24.7. The number of rotatable bonds is 3. The summed E-state index contributed by atoms with van der Waals surface area (Å²) in [7, 11) is 0. The van der Waals surface area contributed by atoms with E-state index < -0.39 is 11.8 Å². The molecule has 124 valence electrons. The molecular formula is C15H24N2O5.